The molecule has 0 saturated heterocycles. The maximum Gasteiger partial charge on any atom is 0.296 e. The molecule has 26 heavy (non-hydrogen) atoms. The Kier molecular flexibility index (Phi) is 5.92. The smallest absolute Gasteiger partial charge is 0.296 e. The topological polar surface area (TPSA) is 77.3 Å². The van der Waals surface area contributed by atoms with Crippen LogP contribution in [0.2, 0.25) is 0 Å². The molecule has 0 aliphatic heterocycles. The van der Waals surface area contributed by atoms with E-state index in [4.69, 9.17) is 5.41 Å². The summed E-state index contributed by atoms with van der Waals surface area (Å²) in [4.78, 5) is 16.7. The summed E-state index contributed by atoms with van der Waals surface area (Å²) in [6.45, 7) is 0.117. The first-order chi connectivity index (χ1) is 12.6. The quantitative estimate of drug-likeness (QED) is 0.631. The van der Waals surface area contributed by atoms with Crippen LogP contribution in [-0.4, -0.2) is 26.9 Å². The van der Waals surface area contributed by atoms with Crippen molar-refractivity contribution >= 4 is 17.2 Å². The summed E-state index contributed by atoms with van der Waals surface area (Å²) in [5.41, 5.74) is 3.93. The molecular formula is C21H23N3O2. The van der Waals surface area contributed by atoms with Gasteiger partial charge in [-0.25, -0.2) is 5.06 Å². The van der Waals surface area contributed by atoms with Crippen LogP contribution in [0.1, 0.15) is 53.7 Å². The molecule has 1 aliphatic rings. The van der Waals surface area contributed by atoms with Gasteiger partial charge in [-0.1, -0.05) is 36.4 Å². The zero-order valence-electron chi connectivity index (χ0n) is 14.7. The molecule has 5 nitrogen and oxygen atoms in total. The number of pyridine rings is 1. The molecule has 0 bridgehead atoms. The lowest BCUT2D eigenvalue weighted by molar-refractivity contribution is -0.0652. The number of hydroxylamine groups is 2. The zero-order valence-corrected chi connectivity index (χ0v) is 14.7. The molecular weight excluding hydrogens is 326 g/mol. The summed E-state index contributed by atoms with van der Waals surface area (Å²) in [5, 5.41) is 18.8. The minimum absolute atomic E-state index is 0.117. The largest absolute Gasteiger partial charge is 0.310 e. The molecule has 0 saturated carbocycles. The van der Waals surface area contributed by atoms with E-state index in [-0.39, 0.29) is 12.2 Å². The molecule has 0 unspecified atom stereocenters. The number of amides is 1. The van der Waals surface area contributed by atoms with E-state index in [9.17, 15) is 10.0 Å². The van der Waals surface area contributed by atoms with Crippen molar-refractivity contribution in [3.8, 4) is 0 Å². The number of aromatic nitrogens is 1. The number of benzene rings is 1. The van der Waals surface area contributed by atoms with Crippen LogP contribution in [0, 0.1) is 5.41 Å². The van der Waals surface area contributed by atoms with Crippen molar-refractivity contribution in [3.05, 3.63) is 71.6 Å². The average Bonchev–Trinajstić information content (AvgIpc) is 2.65. The highest BCUT2D eigenvalue weighted by Gasteiger charge is 2.17. The molecule has 1 heterocycles. The lowest BCUT2D eigenvalue weighted by Gasteiger charge is -2.16. The monoisotopic (exact) mass is 349 g/mol. The molecule has 0 fully saturated rings. The van der Waals surface area contributed by atoms with Gasteiger partial charge in [0.05, 0.1) is 6.54 Å². The molecule has 1 aromatic carbocycles. The number of carbonyl (C=O) groups excluding carboxylic acids is 1. The Labute approximate surface area is 153 Å². The van der Waals surface area contributed by atoms with E-state index in [1.165, 1.54) is 0 Å². The lowest BCUT2D eigenvalue weighted by Crippen LogP contribution is -2.27. The average molecular weight is 349 g/mol. The van der Waals surface area contributed by atoms with Gasteiger partial charge in [0.2, 0.25) is 0 Å². The Morgan fingerprint density at radius 2 is 1.96 bits per heavy atom. The Morgan fingerprint density at radius 1 is 1.15 bits per heavy atom. The number of carbonyl (C=O) groups is 1. The van der Waals surface area contributed by atoms with Crippen molar-refractivity contribution in [1.82, 2.24) is 10.0 Å². The van der Waals surface area contributed by atoms with E-state index >= 15 is 0 Å². The second kappa shape index (κ2) is 8.54. The van der Waals surface area contributed by atoms with Crippen LogP contribution in [0.25, 0.3) is 5.57 Å². The fourth-order valence-corrected chi connectivity index (χ4v) is 3.07. The number of nitrogens with zero attached hydrogens (tertiary/aromatic N) is 2. The van der Waals surface area contributed by atoms with Gasteiger partial charge in [-0.2, -0.15) is 0 Å². The minimum atomic E-state index is -0.519. The third-order valence-electron chi connectivity index (χ3n) is 4.53. The van der Waals surface area contributed by atoms with Gasteiger partial charge in [0.25, 0.3) is 5.91 Å². The molecule has 0 spiro atoms. The fraction of sp³-hybridized carbons (Fsp3) is 0.286. The van der Waals surface area contributed by atoms with Crippen LogP contribution in [0.4, 0.5) is 0 Å². The van der Waals surface area contributed by atoms with Crippen molar-refractivity contribution in [1.29, 1.82) is 5.41 Å². The third kappa shape index (κ3) is 4.64. The Bertz CT molecular complexity index is 815. The molecule has 0 radical (unpaired) electrons. The number of rotatable bonds is 4. The number of hydrogen-bond donors (Lipinski definition) is 2. The molecule has 134 valence electrons. The van der Waals surface area contributed by atoms with Gasteiger partial charge in [-0.15, -0.1) is 0 Å². The van der Waals surface area contributed by atoms with Crippen molar-refractivity contribution in [3.63, 3.8) is 0 Å². The predicted molar refractivity (Wildman–Crippen MR) is 101 cm³/mol. The molecule has 5 heteroatoms. The Balaban J connectivity index is 1.75. The fourth-order valence-electron chi connectivity index (χ4n) is 3.07. The van der Waals surface area contributed by atoms with Gasteiger partial charge < -0.3 is 5.41 Å². The highest BCUT2D eigenvalue weighted by atomic mass is 16.5. The number of allylic oxidation sites excluding steroid dienone is 2. The van der Waals surface area contributed by atoms with Crippen LogP contribution in [0.15, 0.2) is 54.7 Å². The van der Waals surface area contributed by atoms with Gasteiger partial charge in [0, 0.05) is 11.9 Å². The van der Waals surface area contributed by atoms with Crippen molar-refractivity contribution < 1.29 is 10.0 Å². The molecule has 2 N–H and O–H groups in total. The summed E-state index contributed by atoms with van der Waals surface area (Å²) >= 11 is 0. The number of nitrogens with one attached hydrogen (secondary N) is 1. The summed E-state index contributed by atoms with van der Waals surface area (Å²) in [6.07, 6.45) is 8.12. The van der Waals surface area contributed by atoms with Crippen molar-refractivity contribution in [2.45, 2.75) is 38.6 Å². The van der Waals surface area contributed by atoms with Crippen molar-refractivity contribution in [2.24, 2.45) is 0 Å². The summed E-state index contributed by atoms with van der Waals surface area (Å²) in [7, 11) is 0. The van der Waals surface area contributed by atoms with Gasteiger partial charge in [0.15, 0.2) is 0 Å². The van der Waals surface area contributed by atoms with E-state index in [1.807, 2.05) is 36.4 Å². The van der Waals surface area contributed by atoms with Gasteiger partial charge in [-0.05, 0) is 60.9 Å². The molecule has 0 atom stereocenters. The summed E-state index contributed by atoms with van der Waals surface area (Å²) < 4.78 is 0. The van der Waals surface area contributed by atoms with Gasteiger partial charge >= 0.3 is 0 Å². The van der Waals surface area contributed by atoms with E-state index in [2.05, 4.69) is 11.1 Å². The van der Waals surface area contributed by atoms with Crippen LogP contribution in [0.3, 0.4) is 0 Å². The molecule has 2 aromatic rings. The predicted octanol–water partition coefficient (Wildman–Crippen LogP) is 4.48. The summed E-state index contributed by atoms with van der Waals surface area (Å²) in [6, 6.07) is 12.9. The van der Waals surface area contributed by atoms with Crippen LogP contribution in [-0.2, 0) is 6.54 Å². The van der Waals surface area contributed by atoms with Gasteiger partial charge in [-0.3, -0.25) is 15.0 Å². The standard InChI is InChI=1S/C21H23N3O2/c22-19-9-5-4-8-17(10-11-19)18-12-13-23-20(14-18)21(25)24(26)15-16-6-2-1-3-7-16/h1-3,6-8,12-14,22,26H,4-5,9-11,15H2. The first-order valence-corrected chi connectivity index (χ1v) is 8.90. The SMILES string of the molecule is N=C1CCCC=C(c2ccnc(C(=O)N(O)Cc3ccccc3)c2)CC1. The summed E-state index contributed by atoms with van der Waals surface area (Å²) in [5.74, 6) is -0.519. The van der Waals surface area contributed by atoms with E-state index < -0.39 is 5.91 Å². The third-order valence-corrected chi connectivity index (χ3v) is 4.53. The van der Waals surface area contributed by atoms with Crippen LogP contribution >= 0.6 is 0 Å². The Hall–Kier alpha value is -2.79. The van der Waals surface area contributed by atoms with E-state index in [0.717, 1.165) is 54.5 Å². The maximum absolute atomic E-state index is 12.5. The van der Waals surface area contributed by atoms with Crippen LogP contribution in [0.5, 0.6) is 0 Å². The normalized spacial score (nSPS) is 15.0. The van der Waals surface area contributed by atoms with E-state index in [1.54, 1.807) is 12.3 Å². The first kappa shape index (κ1) is 18.0. The molecule has 3 rings (SSSR count). The highest BCUT2D eigenvalue weighted by molar-refractivity contribution is 5.92. The second-order valence-corrected chi connectivity index (χ2v) is 6.50. The van der Waals surface area contributed by atoms with Gasteiger partial charge in [0.1, 0.15) is 5.69 Å². The minimum Gasteiger partial charge on any atom is -0.310 e. The Morgan fingerprint density at radius 3 is 2.77 bits per heavy atom. The maximum atomic E-state index is 12.5. The lowest BCUT2D eigenvalue weighted by atomic mass is 9.94. The molecule has 1 amide bonds. The second-order valence-electron chi connectivity index (χ2n) is 6.50. The van der Waals surface area contributed by atoms with Crippen LogP contribution < -0.4 is 0 Å². The zero-order chi connectivity index (χ0) is 18.4. The van der Waals surface area contributed by atoms with Crippen molar-refractivity contribution in [2.75, 3.05) is 0 Å². The van der Waals surface area contributed by atoms with E-state index in [0.29, 0.717) is 5.06 Å². The number of hydrogen-bond acceptors (Lipinski definition) is 4. The first-order valence-electron chi connectivity index (χ1n) is 8.90. The molecule has 1 aliphatic carbocycles. The highest BCUT2D eigenvalue weighted by Crippen LogP contribution is 2.25. The molecule has 1 aromatic heterocycles.